The summed E-state index contributed by atoms with van der Waals surface area (Å²) in [6, 6.07) is 0.521. The van der Waals surface area contributed by atoms with Gasteiger partial charge in [-0.15, -0.1) is 0 Å². The molecular weight excluding hydrogens is 218 g/mol. The van der Waals surface area contributed by atoms with Crippen LogP contribution in [0.2, 0.25) is 0 Å². The minimum Gasteiger partial charge on any atom is -0.317 e. The Kier molecular flexibility index (Phi) is 5.35. The third-order valence-corrected chi connectivity index (χ3v) is 3.33. The summed E-state index contributed by atoms with van der Waals surface area (Å²) < 4.78 is 4.38. The van der Waals surface area contributed by atoms with Crippen LogP contribution in [0.5, 0.6) is 0 Å². The van der Waals surface area contributed by atoms with Gasteiger partial charge in [-0.25, -0.2) is 4.98 Å². The fraction of sp³-hybridized carbons (Fsp3) is 0.833. The van der Waals surface area contributed by atoms with E-state index in [4.69, 9.17) is 0 Å². The molecule has 0 bridgehead atoms. The monoisotopic (exact) mass is 241 g/mol. The van der Waals surface area contributed by atoms with Crippen molar-refractivity contribution in [1.82, 2.24) is 14.7 Å². The molecule has 1 aromatic rings. The summed E-state index contributed by atoms with van der Waals surface area (Å²) in [5.74, 6) is 2.14. The van der Waals surface area contributed by atoms with Gasteiger partial charge in [0.05, 0.1) is 0 Å². The lowest BCUT2D eigenvalue weighted by Gasteiger charge is -2.16. The van der Waals surface area contributed by atoms with E-state index in [1.807, 2.05) is 7.05 Å². The molecule has 1 heterocycles. The Balaban J connectivity index is 2.56. The smallest absolute Gasteiger partial charge is 0.145 e. The molecule has 0 radical (unpaired) electrons. The van der Waals surface area contributed by atoms with Gasteiger partial charge in [0, 0.05) is 18.4 Å². The Morgan fingerprint density at radius 2 is 1.94 bits per heavy atom. The van der Waals surface area contributed by atoms with Gasteiger partial charge in [-0.3, -0.25) is 0 Å². The Labute approximate surface area is 103 Å². The zero-order chi connectivity index (χ0) is 12.1. The summed E-state index contributed by atoms with van der Waals surface area (Å²) in [6.45, 7) is 8.78. The third kappa shape index (κ3) is 4.18. The van der Waals surface area contributed by atoms with Crippen LogP contribution in [0.1, 0.15) is 50.9 Å². The number of hydrogen-bond acceptors (Lipinski definition) is 4. The van der Waals surface area contributed by atoms with E-state index in [0.29, 0.717) is 12.0 Å². The van der Waals surface area contributed by atoms with E-state index >= 15 is 0 Å². The maximum atomic E-state index is 4.57. The number of rotatable bonds is 6. The van der Waals surface area contributed by atoms with E-state index in [1.54, 1.807) is 11.5 Å². The highest BCUT2D eigenvalue weighted by Gasteiger charge is 2.13. The largest absolute Gasteiger partial charge is 0.317 e. The molecule has 0 aliphatic heterocycles. The van der Waals surface area contributed by atoms with E-state index < -0.39 is 0 Å². The lowest BCUT2D eigenvalue weighted by Crippen LogP contribution is -2.29. The van der Waals surface area contributed by atoms with Gasteiger partial charge >= 0.3 is 0 Å². The Bertz CT molecular complexity index is 307. The van der Waals surface area contributed by atoms with Crippen LogP contribution in [-0.2, 0) is 6.42 Å². The van der Waals surface area contributed by atoms with Gasteiger partial charge in [-0.2, -0.15) is 4.37 Å². The predicted molar refractivity (Wildman–Crippen MR) is 70.0 cm³/mol. The molecule has 0 fully saturated rings. The Hall–Kier alpha value is -0.480. The molecule has 1 unspecified atom stereocenters. The SMILES string of the molecule is CNC(Cc1nc(C(C)C)ns1)CC(C)C. The van der Waals surface area contributed by atoms with Crippen LogP contribution in [0.4, 0.5) is 0 Å². The van der Waals surface area contributed by atoms with Crippen molar-refractivity contribution in [2.24, 2.45) is 5.92 Å². The van der Waals surface area contributed by atoms with Crippen LogP contribution in [-0.4, -0.2) is 22.4 Å². The van der Waals surface area contributed by atoms with Gasteiger partial charge in [-0.1, -0.05) is 27.7 Å². The minimum absolute atomic E-state index is 0.433. The molecule has 16 heavy (non-hydrogen) atoms. The molecule has 0 aromatic carbocycles. The molecule has 0 aliphatic carbocycles. The molecule has 92 valence electrons. The van der Waals surface area contributed by atoms with Gasteiger partial charge in [0.2, 0.25) is 0 Å². The fourth-order valence-corrected chi connectivity index (χ4v) is 2.53. The topological polar surface area (TPSA) is 37.8 Å². The van der Waals surface area contributed by atoms with Crippen molar-refractivity contribution in [3.8, 4) is 0 Å². The average Bonchev–Trinajstić information content (AvgIpc) is 2.64. The third-order valence-electron chi connectivity index (χ3n) is 2.59. The first-order valence-corrected chi connectivity index (χ1v) is 6.80. The van der Waals surface area contributed by atoms with Crippen molar-refractivity contribution >= 4 is 11.5 Å². The van der Waals surface area contributed by atoms with Crippen LogP contribution in [0, 0.1) is 5.92 Å². The first-order valence-electron chi connectivity index (χ1n) is 6.02. The van der Waals surface area contributed by atoms with E-state index in [-0.39, 0.29) is 0 Å². The Morgan fingerprint density at radius 1 is 1.25 bits per heavy atom. The second-order valence-corrected chi connectivity index (χ2v) is 5.86. The molecule has 0 spiro atoms. The number of hydrogen-bond donors (Lipinski definition) is 1. The second kappa shape index (κ2) is 6.30. The van der Waals surface area contributed by atoms with Gasteiger partial charge < -0.3 is 5.32 Å². The summed E-state index contributed by atoms with van der Waals surface area (Å²) in [5, 5.41) is 4.52. The van der Waals surface area contributed by atoms with Crippen LogP contribution in [0.25, 0.3) is 0 Å². The van der Waals surface area contributed by atoms with Gasteiger partial charge in [0.25, 0.3) is 0 Å². The number of aromatic nitrogens is 2. The number of nitrogens with zero attached hydrogens (tertiary/aromatic N) is 2. The molecule has 0 saturated heterocycles. The van der Waals surface area contributed by atoms with Crippen LogP contribution in [0.3, 0.4) is 0 Å². The van der Waals surface area contributed by atoms with Crippen molar-refractivity contribution in [2.75, 3.05) is 7.05 Å². The van der Waals surface area contributed by atoms with Gasteiger partial charge in [0.15, 0.2) is 0 Å². The van der Waals surface area contributed by atoms with Crippen LogP contribution in [0.15, 0.2) is 0 Å². The van der Waals surface area contributed by atoms with E-state index in [0.717, 1.165) is 23.2 Å². The van der Waals surface area contributed by atoms with Crippen molar-refractivity contribution in [3.05, 3.63) is 10.8 Å². The van der Waals surface area contributed by atoms with Crippen LogP contribution >= 0.6 is 11.5 Å². The molecule has 0 saturated carbocycles. The highest BCUT2D eigenvalue weighted by atomic mass is 32.1. The van der Waals surface area contributed by atoms with Crippen molar-refractivity contribution in [1.29, 1.82) is 0 Å². The van der Waals surface area contributed by atoms with E-state index in [1.165, 1.54) is 6.42 Å². The molecule has 4 heteroatoms. The standard InChI is InChI=1S/C12H23N3S/c1-8(2)6-10(13-5)7-11-14-12(9(3)4)15-16-11/h8-10,13H,6-7H2,1-5H3. The van der Waals surface area contributed by atoms with Gasteiger partial charge in [0.1, 0.15) is 10.8 Å². The first-order chi connectivity index (χ1) is 7.52. The van der Waals surface area contributed by atoms with E-state index in [9.17, 15) is 0 Å². The fourth-order valence-electron chi connectivity index (χ4n) is 1.67. The molecule has 0 amide bonds. The second-order valence-electron chi connectivity index (χ2n) is 5.02. The van der Waals surface area contributed by atoms with Crippen molar-refractivity contribution in [2.45, 2.75) is 52.5 Å². The summed E-state index contributed by atoms with van der Waals surface area (Å²) in [7, 11) is 2.03. The minimum atomic E-state index is 0.433. The highest BCUT2D eigenvalue weighted by molar-refractivity contribution is 7.05. The van der Waals surface area contributed by atoms with E-state index in [2.05, 4.69) is 42.4 Å². The lowest BCUT2D eigenvalue weighted by molar-refractivity contribution is 0.440. The maximum Gasteiger partial charge on any atom is 0.145 e. The average molecular weight is 241 g/mol. The number of likely N-dealkylation sites (N-methyl/N-ethyl adjacent to an activating group) is 1. The first kappa shape index (κ1) is 13.6. The van der Waals surface area contributed by atoms with Crippen molar-refractivity contribution < 1.29 is 0 Å². The molecule has 0 aliphatic rings. The maximum absolute atomic E-state index is 4.57. The lowest BCUT2D eigenvalue weighted by atomic mass is 10.0. The predicted octanol–water partition coefficient (Wildman–Crippen LogP) is 2.84. The van der Waals surface area contributed by atoms with Crippen molar-refractivity contribution in [3.63, 3.8) is 0 Å². The normalized spacial score (nSPS) is 13.7. The quantitative estimate of drug-likeness (QED) is 0.832. The molecule has 3 nitrogen and oxygen atoms in total. The zero-order valence-corrected chi connectivity index (χ0v) is 11.8. The number of nitrogens with one attached hydrogen (secondary N) is 1. The molecule has 1 N–H and O–H groups in total. The summed E-state index contributed by atoms with van der Waals surface area (Å²) >= 11 is 1.55. The summed E-state index contributed by atoms with van der Waals surface area (Å²) in [5.41, 5.74) is 0. The van der Waals surface area contributed by atoms with Crippen LogP contribution < -0.4 is 5.32 Å². The molecule has 1 aromatic heterocycles. The zero-order valence-electron chi connectivity index (χ0n) is 10.9. The summed E-state index contributed by atoms with van der Waals surface area (Å²) in [4.78, 5) is 4.57. The molecular formula is C12H23N3S. The van der Waals surface area contributed by atoms with Gasteiger partial charge in [-0.05, 0) is 30.9 Å². The molecule has 1 atom stereocenters. The highest BCUT2D eigenvalue weighted by Crippen LogP contribution is 2.16. The summed E-state index contributed by atoms with van der Waals surface area (Å²) in [6.07, 6.45) is 2.19. The molecule has 1 rings (SSSR count). The Morgan fingerprint density at radius 3 is 2.38 bits per heavy atom.